The van der Waals surface area contributed by atoms with Gasteiger partial charge in [0.05, 0.1) is 0 Å². The molecular weight excluding hydrogens is 733 g/mol. The summed E-state index contributed by atoms with van der Waals surface area (Å²) in [6.07, 6.45) is 60.0. The third-order valence-electron chi connectivity index (χ3n) is 9.86. The number of hydrogen-bond donors (Lipinski definition) is 0. The van der Waals surface area contributed by atoms with Crippen molar-refractivity contribution in [1.29, 1.82) is 0 Å². The molecule has 0 amide bonds. The molecular formula is C53H88O6. The highest BCUT2D eigenvalue weighted by atomic mass is 16.6. The molecule has 59 heavy (non-hydrogen) atoms. The van der Waals surface area contributed by atoms with Gasteiger partial charge in [0.25, 0.3) is 0 Å². The van der Waals surface area contributed by atoms with Gasteiger partial charge in [0.2, 0.25) is 0 Å². The first-order chi connectivity index (χ1) is 29.0. The van der Waals surface area contributed by atoms with Crippen LogP contribution in [0.2, 0.25) is 0 Å². The maximum absolute atomic E-state index is 12.7. The van der Waals surface area contributed by atoms with Crippen LogP contribution in [-0.2, 0) is 28.6 Å². The summed E-state index contributed by atoms with van der Waals surface area (Å²) in [7, 11) is 0. The molecule has 0 N–H and O–H groups in total. The molecule has 1 unspecified atom stereocenters. The summed E-state index contributed by atoms with van der Waals surface area (Å²) in [5.41, 5.74) is 0. The summed E-state index contributed by atoms with van der Waals surface area (Å²) < 4.78 is 16.7. The number of hydrogen-bond acceptors (Lipinski definition) is 6. The quantitative estimate of drug-likeness (QED) is 0.0264. The number of esters is 3. The minimum absolute atomic E-state index is 0.106. The topological polar surface area (TPSA) is 78.9 Å². The standard InChI is InChI=1S/C53H88O6/c1-4-7-10-13-16-19-22-24-26-27-29-31-34-37-40-43-46-52(55)58-49-50(48-57-51(54)45-42-39-36-33-30-21-18-15-12-9-6-3)59-53(56)47-44-41-38-35-32-28-25-23-20-17-14-11-8-5-2/h7,9-10,12,16,18-19,21,24,26,28,32-33,36,50H,4-6,8,11,13-15,17,20,22-23,25,27,29-31,34-35,37-49H2,1-3H3/b10-7-,12-9-,19-16-,21-18-,26-24-,32-28-,36-33-. The van der Waals surface area contributed by atoms with Crippen LogP contribution in [-0.4, -0.2) is 37.2 Å². The van der Waals surface area contributed by atoms with Crippen molar-refractivity contribution in [2.45, 2.75) is 219 Å². The molecule has 0 aliphatic carbocycles. The predicted octanol–water partition coefficient (Wildman–Crippen LogP) is 15.6. The molecule has 336 valence electrons. The first-order valence-corrected chi connectivity index (χ1v) is 24.1. The Kier molecular flexibility index (Phi) is 44.5. The summed E-state index contributed by atoms with van der Waals surface area (Å²) in [4.78, 5) is 37.8. The molecule has 1 atom stereocenters. The largest absolute Gasteiger partial charge is 0.462 e. The van der Waals surface area contributed by atoms with Crippen molar-refractivity contribution < 1.29 is 28.6 Å². The van der Waals surface area contributed by atoms with Crippen LogP contribution >= 0.6 is 0 Å². The molecule has 0 spiro atoms. The maximum Gasteiger partial charge on any atom is 0.306 e. The molecule has 0 saturated heterocycles. The van der Waals surface area contributed by atoms with E-state index < -0.39 is 6.10 Å². The number of allylic oxidation sites excluding steroid dienone is 14. The Balaban J connectivity index is 4.47. The molecule has 0 radical (unpaired) electrons. The van der Waals surface area contributed by atoms with Gasteiger partial charge in [0, 0.05) is 19.3 Å². The molecule has 6 heteroatoms. The van der Waals surface area contributed by atoms with Gasteiger partial charge >= 0.3 is 17.9 Å². The highest BCUT2D eigenvalue weighted by Gasteiger charge is 2.19. The van der Waals surface area contributed by atoms with E-state index >= 15 is 0 Å². The fourth-order valence-corrected chi connectivity index (χ4v) is 6.30. The smallest absolute Gasteiger partial charge is 0.306 e. The van der Waals surface area contributed by atoms with E-state index in [2.05, 4.69) is 106 Å². The van der Waals surface area contributed by atoms with Crippen molar-refractivity contribution in [3.63, 3.8) is 0 Å². The van der Waals surface area contributed by atoms with Crippen LogP contribution in [0.15, 0.2) is 85.1 Å². The van der Waals surface area contributed by atoms with E-state index in [1.165, 1.54) is 57.8 Å². The zero-order chi connectivity index (χ0) is 43.0. The van der Waals surface area contributed by atoms with Gasteiger partial charge in [-0.2, -0.15) is 0 Å². The van der Waals surface area contributed by atoms with E-state index in [4.69, 9.17) is 14.2 Å². The Labute approximate surface area is 363 Å². The van der Waals surface area contributed by atoms with Crippen molar-refractivity contribution in [2.24, 2.45) is 0 Å². The Morgan fingerprint density at radius 1 is 0.356 bits per heavy atom. The molecule has 0 saturated carbocycles. The van der Waals surface area contributed by atoms with Crippen molar-refractivity contribution in [3.8, 4) is 0 Å². The lowest BCUT2D eigenvalue weighted by molar-refractivity contribution is -0.167. The SMILES string of the molecule is CC/C=C\C/C=C\C/C=C\CCCCCCCCC(=O)OCC(COC(=O)CCC/C=C\C/C=C\C/C=C\CC)OC(=O)CCCCC/C=C\CCCCCCCCC. The van der Waals surface area contributed by atoms with Crippen LogP contribution < -0.4 is 0 Å². The molecule has 0 aliphatic rings. The highest BCUT2D eigenvalue weighted by Crippen LogP contribution is 2.13. The fourth-order valence-electron chi connectivity index (χ4n) is 6.30. The lowest BCUT2D eigenvalue weighted by Crippen LogP contribution is -2.30. The van der Waals surface area contributed by atoms with Crippen molar-refractivity contribution in [1.82, 2.24) is 0 Å². The minimum Gasteiger partial charge on any atom is -0.462 e. The Morgan fingerprint density at radius 3 is 1.14 bits per heavy atom. The van der Waals surface area contributed by atoms with E-state index in [0.29, 0.717) is 19.3 Å². The summed E-state index contributed by atoms with van der Waals surface area (Å²) in [5.74, 6) is -0.996. The second-order valence-electron chi connectivity index (χ2n) is 15.6. The third-order valence-corrected chi connectivity index (χ3v) is 9.86. The van der Waals surface area contributed by atoms with E-state index in [1.54, 1.807) is 0 Å². The average molecular weight is 821 g/mol. The molecule has 0 fully saturated rings. The Morgan fingerprint density at radius 2 is 0.678 bits per heavy atom. The van der Waals surface area contributed by atoms with Crippen LogP contribution in [0.25, 0.3) is 0 Å². The van der Waals surface area contributed by atoms with Crippen LogP contribution in [0, 0.1) is 0 Å². The molecule has 0 aromatic rings. The van der Waals surface area contributed by atoms with Crippen molar-refractivity contribution in [3.05, 3.63) is 85.1 Å². The van der Waals surface area contributed by atoms with Gasteiger partial charge in [-0.05, 0) is 103 Å². The van der Waals surface area contributed by atoms with Crippen molar-refractivity contribution in [2.75, 3.05) is 13.2 Å². The number of carbonyl (C=O) groups is 3. The van der Waals surface area contributed by atoms with Crippen LogP contribution in [0.3, 0.4) is 0 Å². The van der Waals surface area contributed by atoms with Gasteiger partial charge in [-0.3, -0.25) is 14.4 Å². The summed E-state index contributed by atoms with van der Waals surface area (Å²) in [5, 5.41) is 0. The second-order valence-corrected chi connectivity index (χ2v) is 15.6. The lowest BCUT2D eigenvalue weighted by atomic mass is 10.1. The number of unbranched alkanes of at least 4 members (excludes halogenated alkanes) is 17. The van der Waals surface area contributed by atoms with Gasteiger partial charge in [-0.1, -0.05) is 176 Å². The average Bonchev–Trinajstić information content (AvgIpc) is 3.23. The molecule has 6 nitrogen and oxygen atoms in total. The summed E-state index contributed by atoms with van der Waals surface area (Å²) in [6.45, 7) is 6.32. The Hall–Kier alpha value is -3.41. The van der Waals surface area contributed by atoms with E-state index in [1.807, 2.05) is 0 Å². The second kappa shape index (κ2) is 47.3. The number of rotatable bonds is 42. The van der Waals surface area contributed by atoms with Gasteiger partial charge in [0.15, 0.2) is 6.10 Å². The normalized spacial score (nSPS) is 12.8. The zero-order valence-electron chi connectivity index (χ0n) is 38.2. The Bertz CT molecular complexity index is 1170. The lowest BCUT2D eigenvalue weighted by Gasteiger charge is -2.18. The molecule has 0 bridgehead atoms. The molecule has 0 heterocycles. The van der Waals surface area contributed by atoms with Gasteiger partial charge < -0.3 is 14.2 Å². The monoisotopic (exact) mass is 821 g/mol. The third kappa shape index (κ3) is 45.5. The van der Waals surface area contributed by atoms with E-state index in [0.717, 1.165) is 109 Å². The minimum atomic E-state index is -0.808. The molecule has 0 rings (SSSR count). The predicted molar refractivity (Wildman–Crippen MR) is 251 cm³/mol. The number of ether oxygens (including phenoxy) is 3. The van der Waals surface area contributed by atoms with Gasteiger partial charge in [-0.15, -0.1) is 0 Å². The van der Waals surface area contributed by atoms with Crippen LogP contribution in [0.4, 0.5) is 0 Å². The molecule has 0 aromatic carbocycles. The first-order valence-electron chi connectivity index (χ1n) is 24.1. The first kappa shape index (κ1) is 55.6. The van der Waals surface area contributed by atoms with Crippen LogP contribution in [0.5, 0.6) is 0 Å². The van der Waals surface area contributed by atoms with Crippen LogP contribution in [0.1, 0.15) is 213 Å². The molecule has 0 aliphatic heterocycles. The zero-order valence-corrected chi connectivity index (χ0v) is 38.2. The summed E-state index contributed by atoms with van der Waals surface area (Å²) in [6, 6.07) is 0. The fraction of sp³-hybridized carbons (Fsp3) is 0.679. The van der Waals surface area contributed by atoms with Gasteiger partial charge in [-0.25, -0.2) is 0 Å². The van der Waals surface area contributed by atoms with E-state index in [9.17, 15) is 14.4 Å². The van der Waals surface area contributed by atoms with Crippen molar-refractivity contribution >= 4 is 17.9 Å². The van der Waals surface area contributed by atoms with Gasteiger partial charge in [0.1, 0.15) is 13.2 Å². The number of carbonyl (C=O) groups excluding carboxylic acids is 3. The molecule has 0 aromatic heterocycles. The maximum atomic E-state index is 12.7. The van der Waals surface area contributed by atoms with E-state index in [-0.39, 0.29) is 37.5 Å². The summed E-state index contributed by atoms with van der Waals surface area (Å²) >= 11 is 0. The highest BCUT2D eigenvalue weighted by molar-refractivity contribution is 5.71.